The summed E-state index contributed by atoms with van der Waals surface area (Å²) >= 11 is 3.03. The van der Waals surface area contributed by atoms with Gasteiger partial charge in [-0.1, -0.05) is 0 Å². The minimum absolute atomic E-state index is 0.824. The molecule has 0 aromatic carbocycles. The van der Waals surface area contributed by atoms with Gasteiger partial charge in [-0.15, -0.1) is 0 Å². The molecule has 0 amide bonds. The number of aliphatic carboxylic acids is 2. The Kier molecular flexibility index (Phi) is 12.0. The zero-order valence-electron chi connectivity index (χ0n) is 9.23. The molecule has 18 heavy (non-hydrogen) atoms. The van der Waals surface area contributed by atoms with Gasteiger partial charge in [0.2, 0.25) is 0 Å². The number of carboxylic acids is 2. The molecule has 0 heterocycles. The molecule has 1 rings (SSSR count). The number of hydrogen-bond donors (Lipinski definition) is 4. The van der Waals surface area contributed by atoms with E-state index in [0.29, 0.717) is 0 Å². The Hall–Kier alpha value is -0.981. The van der Waals surface area contributed by atoms with Crippen molar-refractivity contribution in [2.24, 2.45) is 0 Å². The fourth-order valence-electron chi connectivity index (χ4n) is 0.397. The Morgan fingerprint density at radius 1 is 1.06 bits per heavy atom. The minimum atomic E-state index is -1.38. The third kappa shape index (κ3) is 15.0. The van der Waals surface area contributed by atoms with E-state index < -0.39 is 23.5 Å². The van der Waals surface area contributed by atoms with E-state index in [1.165, 1.54) is 0.331 Å². The number of allylic oxidation sites excluding steroid dienone is 4. The first-order valence-electron chi connectivity index (χ1n) is 4.36. The molecule has 1 aliphatic rings. The Labute approximate surface area is 135 Å². The van der Waals surface area contributed by atoms with E-state index in [0.717, 1.165) is 6.42 Å². The van der Waals surface area contributed by atoms with E-state index >= 15 is 0 Å². The monoisotopic (exact) mass is 415 g/mol. The first-order valence-corrected chi connectivity index (χ1v) is 5.22. The average Bonchev–Trinajstić information content (AvgIpc) is 2.70. The second kappa shape index (κ2) is 11.1. The summed E-state index contributed by atoms with van der Waals surface area (Å²) in [6.45, 7) is 5.42. The summed E-state index contributed by atoms with van der Waals surface area (Å²) in [6, 6.07) is 0. The molecule has 4 N–H and O–H groups in total. The van der Waals surface area contributed by atoms with Crippen LogP contribution in [0.15, 0.2) is 43.2 Å². The van der Waals surface area contributed by atoms with Gasteiger partial charge in [0, 0.05) is 0 Å². The van der Waals surface area contributed by atoms with Gasteiger partial charge in [0.05, 0.1) is 0 Å². The molecular weight excluding hydrogens is 401 g/mol. The van der Waals surface area contributed by atoms with Crippen LogP contribution in [0.25, 0.3) is 0 Å². The molecule has 0 spiro atoms. The van der Waals surface area contributed by atoms with Crippen LogP contribution in [0.5, 0.6) is 0 Å². The first-order chi connectivity index (χ1) is 8.18. The van der Waals surface area contributed by atoms with Crippen molar-refractivity contribution in [1.29, 1.82) is 0 Å². The van der Waals surface area contributed by atoms with E-state index in [4.69, 9.17) is 20.4 Å². The number of aliphatic hydroxyl groups excluding tert-OH is 2. The van der Waals surface area contributed by atoms with Gasteiger partial charge >= 0.3 is 81.6 Å². The zero-order valence-corrected chi connectivity index (χ0v) is 10.9. The maximum atomic E-state index is 9.35. The number of aliphatic hydroxyl groups is 2. The Bertz CT molecular complexity index is 346. The molecule has 0 aromatic heterocycles. The summed E-state index contributed by atoms with van der Waals surface area (Å²) in [6.07, 6.45) is 7.37. The van der Waals surface area contributed by atoms with Crippen molar-refractivity contribution in [3.05, 3.63) is 43.2 Å². The Morgan fingerprint density at radius 3 is 1.44 bits per heavy atom. The summed E-state index contributed by atoms with van der Waals surface area (Å²) in [7, 11) is 0. The molecule has 0 aliphatic heterocycles. The van der Waals surface area contributed by atoms with Gasteiger partial charge in [-0.25, -0.2) is 9.59 Å². The molecule has 107 valence electrons. The van der Waals surface area contributed by atoms with Crippen LogP contribution in [0.3, 0.4) is 0 Å². The van der Waals surface area contributed by atoms with Crippen molar-refractivity contribution in [3.63, 3.8) is 0 Å². The molecule has 1 aliphatic carbocycles. The first kappa shape index (κ1) is 19.4. The predicted octanol–water partition coefficient (Wildman–Crippen LogP) is 1.66. The summed E-state index contributed by atoms with van der Waals surface area (Å²) in [5, 5.41) is 31.0. The number of rotatable bonds is 2. The second-order valence-electron chi connectivity index (χ2n) is 2.68. The van der Waals surface area contributed by atoms with Crippen LogP contribution in [-0.2, 0) is 9.59 Å². The Balaban J connectivity index is 0. The van der Waals surface area contributed by atoms with Crippen molar-refractivity contribution in [1.82, 2.24) is 0 Å². The molecule has 0 unspecified atom stereocenters. The van der Waals surface area contributed by atoms with Gasteiger partial charge in [-0.2, -0.15) is 0 Å². The molecule has 0 atom stereocenters. The van der Waals surface area contributed by atoms with Crippen molar-refractivity contribution < 1.29 is 74.7 Å². The van der Waals surface area contributed by atoms with Crippen molar-refractivity contribution in [3.8, 4) is 0 Å². The van der Waals surface area contributed by atoms with Crippen LogP contribution >= 0.6 is 0 Å². The molecule has 7 heteroatoms. The molecule has 0 saturated heterocycles. The summed E-state index contributed by atoms with van der Waals surface area (Å²) < 4.78 is 1.33. The molecule has 0 aromatic rings. The quantitative estimate of drug-likeness (QED) is 0.404. The third-order valence-corrected chi connectivity index (χ3v) is 1.81. The van der Waals surface area contributed by atoms with E-state index in [-0.39, 0.29) is 0 Å². The maximum absolute atomic E-state index is 9.35. The van der Waals surface area contributed by atoms with Gasteiger partial charge in [-0.3, -0.25) is 0 Å². The molecule has 6 nitrogen and oxygen atoms in total. The van der Waals surface area contributed by atoms with Crippen molar-refractivity contribution in [2.45, 2.75) is 6.42 Å². The topological polar surface area (TPSA) is 115 Å². The van der Waals surface area contributed by atoms with Gasteiger partial charge in [0.1, 0.15) is 0 Å². The van der Waals surface area contributed by atoms with Crippen LogP contribution < -0.4 is 0 Å². The number of hydrogen-bond acceptors (Lipinski definition) is 4. The zero-order chi connectivity index (χ0) is 14.7. The van der Waals surface area contributed by atoms with E-state index in [9.17, 15) is 9.59 Å². The fraction of sp³-hybridized carbons (Fsp3) is 0.0909. The van der Waals surface area contributed by atoms with E-state index in [2.05, 4.69) is 76.0 Å². The molecular formula is C11H13O6Yb. The fourth-order valence-corrected chi connectivity index (χ4v) is 0.765. The van der Waals surface area contributed by atoms with E-state index in [1.54, 1.807) is 0 Å². The summed E-state index contributed by atoms with van der Waals surface area (Å²) in [4.78, 5) is 18.7. The van der Waals surface area contributed by atoms with Crippen LogP contribution in [0, 0.1) is 44.6 Å². The van der Waals surface area contributed by atoms with Crippen LogP contribution in [0.2, 0.25) is 0 Å². The summed E-state index contributed by atoms with van der Waals surface area (Å²) in [5.74, 6) is -4.41. The van der Waals surface area contributed by atoms with Crippen molar-refractivity contribution in [2.75, 3.05) is 0 Å². The van der Waals surface area contributed by atoms with Gasteiger partial charge in [-0.05, 0) is 13.2 Å². The predicted molar refractivity (Wildman–Crippen MR) is 60.6 cm³/mol. The molecule has 0 fully saturated rings. The molecule has 0 bridgehead atoms. The van der Waals surface area contributed by atoms with Crippen LogP contribution in [0.4, 0.5) is 0 Å². The molecule has 0 saturated carbocycles. The molecule has 0 radical (unpaired) electrons. The van der Waals surface area contributed by atoms with Crippen LogP contribution in [0.1, 0.15) is 6.42 Å². The van der Waals surface area contributed by atoms with Crippen LogP contribution in [-0.4, -0.2) is 32.4 Å². The normalized spacial score (nSPS) is 11.1. The third-order valence-electron chi connectivity index (χ3n) is 1.18. The number of carbonyl (C=O) groups is 2. The van der Waals surface area contributed by atoms with E-state index in [1.807, 2.05) is 0 Å². The Morgan fingerprint density at radius 2 is 1.39 bits per heavy atom. The van der Waals surface area contributed by atoms with Gasteiger partial charge in [0.15, 0.2) is 11.5 Å². The standard InChI is InChI=1S/C5H5.2C3H4O3.Yb/c1-2-4-5-3-1;2*1-2(4)3(5)6;/h1-3H,4H2;2*4H,1H2,(H,5,6);. The van der Waals surface area contributed by atoms with Gasteiger partial charge < -0.3 is 20.4 Å². The second-order valence-corrected chi connectivity index (χ2v) is 3.78. The van der Waals surface area contributed by atoms with Gasteiger partial charge in [0.25, 0.3) is 0 Å². The number of carboxylic acid groups (broad SMARTS) is 2. The average molecular weight is 414 g/mol. The summed E-state index contributed by atoms with van der Waals surface area (Å²) in [5.41, 5.74) is 0. The van der Waals surface area contributed by atoms with Crippen molar-refractivity contribution >= 4 is 11.9 Å². The SMILES string of the molecule is C=C(O)C(=O)O.C=C(O)C(=O)O.[Yb][C]1=CC=CC1.